The molecular weight excluding hydrogens is 296 g/mol. The highest BCUT2D eigenvalue weighted by Gasteiger charge is 2.32. The van der Waals surface area contributed by atoms with Gasteiger partial charge in [0.05, 0.1) is 5.25 Å². The Morgan fingerprint density at radius 1 is 1.41 bits per heavy atom. The molecular formula is C17H24N2O2S. The summed E-state index contributed by atoms with van der Waals surface area (Å²) >= 11 is 1.66. The fourth-order valence-electron chi connectivity index (χ4n) is 2.77. The normalized spacial score (nSPS) is 18.0. The van der Waals surface area contributed by atoms with Crippen LogP contribution in [0.1, 0.15) is 32.8 Å². The van der Waals surface area contributed by atoms with E-state index in [0.29, 0.717) is 6.54 Å². The van der Waals surface area contributed by atoms with Gasteiger partial charge in [0.1, 0.15) is 0 Å². The number of thioether (sulfide) groups is 1. The summed E-state index contributed by atoms with van der Waals surface area (Å²) in [5.41, 5.74) is 2.32. The molecule has 0 aliphatic carbocycles. The van der Waals surface area contributed by atoms with Crippen molar-refractivity contribution in [1.82, 2.24) is 5.32 Å². The molecule has 0 spiro atoms. The molecule has 2 amide bonds. The minimum Gasteiger partial charge on any atom is -0.356 e. The Bertz CT molecular complexity index is 547. The molecule has 4 nitrogen and oxygen atoms in total. The Morgan fingerprint density at radius 2 is 2.14 bits per heavy atom. The van der Waals surface area contributed by atoms with Crippen LogP contribution in [-0.2, 0) is 16.0 Å². The first-order chi connectivity index (χ1) is 10.5. The molecule has 0 fully saturated rings. The average molecular weight is 320 g/mol. The molecule has 0 saturated heterocycles. The van der Waals surface area contributed by atoms with Gasteiger partial charge in [-0.2, -0.15) is 0 Å². The Morgan fingerprint density at radius 3 is 2.86 bits per heavy atom. The first kappa shape index (κ1) is 16.9. The standard InChI is InChI=1S/C17H24N2O2S/c1-12-11-15-7-4-5-8-16(15)19(12)17(21)13(2)22-10-6-9-18-14(3)20/h4-5,7-8,12-13H,6,9-11H2,1-3H3,(H,18,20)/t12-,13-/m0/s1. The number of para-hydroxylation sites is 1. The van der Waals surface area contributed by atoms with E-state index in [2.05, 4.69) is 18.3 Å². The van der Waals surface area contributed by atoms with Crippen LogP contribution in [0, 0.1) is 0 Å². The number of nitrogens with one attached hydrogen (secondary N) is 1. The third-order valence-corrected chi connectivity index (χ3v) is 5.08. The monoisotopic (exact) mass is 320 g/mol. The Labute approximate surface area is 136 Å². The van der Waals surface area contributed by atoms with Crippen molar-refractivity contribution < 1.29 is 9.59 Å². The van der Waals surface area contributed by atoms with Gasteiger partial charge in [-0.15, -0.1) is 11.8 Å². The van der Waals surface area contributed by atoms with E-state index >= 15 is 0 Å². The molecule has 1 aromatic carbocycles. The van der Waals surface area contributed by atoms with Crippen LogP contribution in [0.3, 0.4) is 0 Å². The van der Waals surface area contributed by atoms with Gasteiger partial charge in [0.25, 0.3) is 0 Å². The molecule has 2 rings (SSSR count). The zero-order valence-electron chi connectivity index (χ0n) is 13.5. The lowest BCUT2D eigenvalue weighted by molar-refractivity contribution is -0.119. The number of carbonyl (C=O) groups is 2. The average Bonchev–Trinajstić information content (AvgIpc) is 2.81. The molecule has 1 aliphatic rings. The van der Waals surface area contributed by atoms with Crippen molar-refractivity contribution in [3.05, 3.63) is 29.8 Å². The van der Waals surface area contributed by atoms with Crippen LogP contribution in [0.4, 0.5) is 5.69 Å². The van der Waals surface area contributed by atoms with E-state index in [1.54, 1.807) is 11.8 Å². The molecule has 1 heterocycles. The molecule has 0 bridgehead atoms. The van der Waals surface area contributed by atoms with E-state index in [1.807, 2.05) is 30.0 Å². The topological polar surface area (TPSA) is 49.4 Å². The van der Waals surface area contributed by atoms with Crippen molar-refractivity contribution in [2.75, 3.05) is 17.2 Å². The first-order valence-electron chi connectivity index (χ1n) is 7.77. The zero-order valence-corrected chi connectivity index (χ0v) is 14.3. The molecule has 0 radical (unpaired) electrons. The van der Waals surface area contributed by atoms with E-state index in [-0.39, 0.29) is 23.1 Å². The van der Waals surface area contributed by atoms with Crippen molar-refractivity contribution in [2.45, 2.75) is 44.9 Å². The van der Waals surface area contributed by atoms with Crippen molar-refractivity contribution >= 4 is 29.3 Å². The van der Waals surface area contributed by atoms with Crippen LogP contribution in [0.25, 0.3) is 0 Å². The highest BCUT2D eigenvalue weighted by atomic mass is 32.2. The van der Waals surface area contributed by atoms with Crippen molar-refractivity contribution in [2.24, 2.45) is 0 Å². The third-order valence-electron chi connectivity index (χ3n) is 3.86. The summed E-state index contributed by atoms with van der Waals surface area (Å²) in [6.45, 7) is 6.27. The van der Waals surface area contributed by atoms with Crippen LogP contribution in [0.15, 0.2) is 24.3 Å². The van der Waals surface area contributed by atoms with E-state index in [0.717, 1.165) is 24.3 Å². The number of rotatable bonds is 6. The van der Waals surface area contributed by atoms with E-state index < -0.39 is 0 Å². The van der Waals surface area contributed by atoms with Gasteiger partial charge in [-0.3, -0.25) is 9.59 Å². The smallest absolute Gasteiger partial charge is 0.240 e. The van der Waals surface area contributed by atoms with Gasteiger partial charge >= 0.3 is 0 Å². The molecule has 120 valence electrons. The third kappa shape index (κ3) is 4.03. The lowest BCUT2D eigenvalue weighted by Gasteiger charge is -2.25. The minimum absolute atomic E-state index is 0.00313. The van der Waals surface area contributed by atoms with Gasteiger partial charge in [0.15, 0.2) is 0 Å². The van der Waals surface area contributed by atoms with Crippen LogP contribution in [0.5, 0.6) is 0 Å². The van der Waals surface area contributed by atoms with E-state index in [1.165, 1.54) is 12.5 Å². The lowest BCUT2D eigenvalue weighted by Crippen LogP contribution is -2.40. The number of anilines is 1. The van der Waals surface area contributed by atoms with Gasteiger partial charge in [0.2, 0.25) is 11.8 Å². The van der Waals surface area contributed by atoms with Crippen LogP contribution in [-0.4, -0.2) is 35.4 Å². The van der Waals surface area contributed by atoms with E-state index in [4.69, 9.17) is 0 Å². The first-order valence-corrected chi connectivity index (χ1v) is 8.82. The second-order valence-electron chi connectivity index (χ2n) is 5.74. The summed E-state index contributed by atoms with van der Waals surface area (Å²) in [6.07, 6.45) is 1.82. The summed E-state index contributed by atoms with van der Waals surface area (Å²) < 4.78 is 0. The number of hydrogen-bond donors (Lipinski definition) is 1. The second-order valence-corrected chi connectivity index (χ2v) is 7.19. The number of benzene rings is 1. The largest absolute Gasteiger partial charge is 0.356 e. The van der Waals surface area contributed by atoms with Crippen molar-refractivity contribution in [3.63, 3.8) is 0 Å². The SMILES string of the molecule is CC(=O)NCCCS[C@@H](C)C(=O)N1c2ccccc2C[C@@H]1C. The van der Waals surface area contributed by atoms with Gasteiger partial charge in [-0.05, 0) is 44.1 Å². The van der Waals surface area contributed by atoms with Crippen LogP contribution < -0.4 is 10.2 Å². The molecule has 1 aliphatic heterocycles. The molecule has 1 aromatic rings. The fraction of sp³-hybridized carbons (Fsp3) is 0.529. The van der Waals surface area contributed by atoms with Crippen molar-refractivity contribution in [1.29, 1.82) is 0 Å². The number of fused-ring (bicyclic) bond motifs is 1. The molecule has 0 unspecified atom stereocenters. The molecule has 22 heavy (non-hydrogen) atoms. The summed E-state index contributed by atoms with van der Waals surface area (Å²) in [6, 6.07) is 8.38. The summed E-state index contributed by atoms with van der Waals surface area (Å²) in [7, 11) is 0. The Balaban J connectivity index is 1.87. The molecule has 0 saturated carbocycles. The maximum Gasteiger partial charge on any atom is 0.240 e. The summed E-state index contributed by atoms with van der Waals surface area (Å²) in [5.74, 6) is 1.05. The number of hydrogen-bond acceptors (Lipinski definition) is 3. The predicted molar refractivity (Wildman–Crippen MR) is 92.3 cm³/mol. The predicted octanol–water partition coefficient (Wildman–Crippen LogP) is 2.61. The molecule has 2 atom stereocenters. The number of nitrogens with zero attached hydrogens (tertiary/aromatic N) is 1. The van der Waals surface area contributed by atoms with Gasteiger partial charge in [0, 0.05) is 25.2 Å². The number of carbonyl (C=O) groups excluding carboxylic acids is 2. The van der Waals surface area contributed by atoms with Gasteiger partial charge in [-0.25, -0.2) is 0 Å². The summed E-state index contributed by atoms with van der Waals surface area (Å²) in [4.78, 5) is 25.5. The highest BCUT2D eigenvalue weighted by Crippen LogP contribution is 2.33. The number of amides is 2. The second kappa shape index (κ2) is 7.68. The van der Waals surface area contributed by atoms with Crippen molar-refractivity contribution in [3.8, 4) is 0 Å². The van der Waals surface area contributed by atoms with Gasteiger partial charge < -0.3 is 10.2 Å². The lowest BCUT2D eigenvalue weighted by atomic mass is 10.1. The fourth-order valence-corrected chi connectivity index (χ4v) is 3.69. The highest BCUT2D eigenvalue weighted by molar-refractivity contribution is 8.00. The minimum atomic E-state index is -0.0639. The molecule has 1 N–H and O–H groups in total. The molecule has 5 heteroatoms. The Hall–Kier alpha value is -1.49. The van der Waals surface area contributed by atoms with Crippen LogP contribution >= 0.6 is 11.8 Å². The molecule has 0 aromatic heterocycles. The maximum atomic E-state index is 12.7. The van der Waals surface area contributed by atoms with Gasteiger partial charge in [-0.1, -0.05) is 18.2 Å². The summed E-state index contributed by atoms with van der Waals surface area (Å²) in [5, 5.41) is 2.71. The van der Waals surface area contributed by atoms with E-state index in [9.17, 15) is 9.59 Å². The quantitative estimate of drug-likeness (QED) is 0.820. The Kier molecular flexibility index (Phi) is 5.89. The zero-order chi connectivity index (χ0) is 16.1. The maximum absolute atomic E-state index is 12.7. The van der Waals surface area contributed by atoms with Crippen LogP contribution in [0.2, 0.25) is 0 Å².